The highest BCUT2D eigenvalue weighted by molar-refractivity contribution is 6.02. The molecule has 1 saturated heterocycles. The second-order valence-electron chi connectivity index (χ2n) is 8.88. The van der Waals surface area contributed by atoms with Crippen LogP contribution in [0.1, 0.15) is 43.1 Å². The molecule has 0 saturated carbocycles. The average Bonchev–Trinajstić information content (AvgIpc) is 2.91. The first-order valence-corrected chi connectivity index (χ1v) is 10.0. The molecule has 1 heterocycles. The maximum Gasteiger partial charge on any atom is 0.256 e. The van der Waals surface area contributed by atoms with Gasteiger partial charge in [0.2, 0.25) is 0 Å². The van der Waals surface area contributed by atoms with Crippen LogP contribution >= 0.6 is 0 Å². The fourth-order valence-electron chi connectivity index (χ4n) is 4.53. The highest BCUT2D eigenvalue weighted by Gasteiger charge is 2.60. The van der Waals surface area contributed by atoms with Gasteiger partial charge >= 0.3 is 0 Å². The third-order valence-electron chi connectivity index (χ3n) is 5.63. The summed E-state index contributed by atoms with van der Waals surface area (Å²) < 4.78 is 0. The number of carbonyl (C=O) groups is 2. The van der Waals surface area contributed by atoms with Gasteiger partial charge in [-0.05, 0) is 24.1 Å². The SMILES string of the molecule is C=CCC1(Cc2ccccc2)C(=O)N(C)C(C(C)(C)C)N1C(=O)c1ccccc1. The molecule has 2 atom stereocenters. The Morgan fingerprint density at radius 3 is 2.14 bits per heavy atom. The Bertz CT molecular complexity index is 886. The molecule has 0 aromatic heterocycles. The van der Waals surface area contributed by atoms with Crippen LogP contribution in [-0.2, 0) is 11.2 Å². The smallest absolute Gasteiger partial charge is 0.256 e. The van der Waals surface area contributed by atoms with Gasteiger partial charge in [0.1, 0.15) is 11.7 Å². The predicted octanol–water partition coefficient (Wildman–Crippen LogP) is 4.53. The van der Waals surface area contributed by atoms with E-state index in [9.17, 15) is 9.59 Å². The van der Waals surface area contributed by atoms with Crippen LogP contribution in [0.25, 0.3) is 0 Å². The Balaban J connectivity index is 2.20. The minimum Gasteiger partial charge on any atom is -0.323 e. The van der Waals surface area contributed by atoms with Crippen molar-refractivity contribution in [1.29, 1.82) is 0 Å². The Kier molecular flexibility index (Phi) is 5.65. The molecule has 1 aliphatic rings. The van der Waals surface area contributed by atoms with Gasteiger partial charge in [0, 0.05) is 24.4 Å². The summed E-state index contributed by atoms with van der Waals surface area (Å²) in [5.41, 5.74) is 0.305. The van der Waals surface area contributed by atoms with E-state index in [1.807, 2.05) is 65.6 Å². The number of hydrogen-bond donors (Lipinski definition) is 0. The second-order valence-corrected chi connectivity index (χ2v) is 8.88. The Labute approximate surface area is 173 Å². The fraction of sp³-hybridized carbons (Fsp3) is 0.360. The van der Waals surface area contributed by atoms with Crippen molar-refractivity contribution in [3.05, 3.63) is 84.4 Å². The van der Waals surface area contributed by atoms with Gasteiger partial charge in [-0.2, -0.15) is 0 Å². The summed E-state index contributed by atoms with van der Waals surface area (Å²) >= 11 is 0. The van der Waals surface area contributed by atoms with Gasteiger partial charge in [0.05, 0.1) is 0 Å². The van der Waals surface area contributed by atoms with Crippen molar-refractivity contribution in [3.8, 4) is 0 Å². The van der Waals surface area contributed by atoms with Crippen LogP contribution in [-0.4, -0.2) is 40.4 Å². The first-order chi connectivity index (χ1) is 13.7. The monoisotopic (exact) mass is 390 g/mol. The zero-order chi connectivity index (χ0) is 21.2. The summed E-state index contributed by atoms with van der Waals surface area (Å²) in [7, 11) is 1.80. The number of carbonyl (C=O) groups excluding carboxylic acids is 2. The first kappa shape index (κ1) is 20.8. The summed E-state index contributed by atoms with van der Waals surface area (Å²) in [6, 6.07) is 19.1. The van der Waals surface area contributed by atoms with E-state index in [-0.39, 0.29) is 23.4 Å². The van der Waals surface area contributed by atoms with Gasteiger partial charge < -0.3 is 9.80 Å². The van der Waals surface area contributed by atoms with E-state index in [2.05, 4.69) is 27.4 Å². The summed E-state index contributed by atoms with van der Waals surface area (Å²) in [5.74, 6) is -0.161. The molecule has 3 rings (SSSR count). The van der Waals surface area contributed by atoms with E-state index in [4.69, 9.17) is 0 Å². The highest BCUT2D eigenvalue weighted by Crippen LogP contribution is 2.43. The average molecular weight is 391 g/mol. The first-order valence-electron chi connectivity index (χ1n) is 10.0. The molecular weight excluding hydrogens is 360 g/mol. The van der Waals surface area contributed by atoms with Crippen molar-refractivity contribution in [1.82, 2.24) is 9.80 Å². The number of rotatable bonds is 5. The maximum atomic E-state index is 13.8. The van der Waals surface area contributed by atoms with Crippen LogP contribution in [0.4, 0.5) is 0 Å². The lowest BCUT2D eigenvalue weighted by Gasteiger charge is -2.43. The normalized spacial score (nSPS) is 22.1. The van der Waals surface area contributed by atoms with Crippen molar-refractivity contribution in [2.45, 2.75) is 45.3 Å². The van der Waals surface area contributed by atoms with Gasteiger partial charge in [-0.25, -0.2) is 0 Å². The third kappa shape index (κ3) is 3.71. The van der Waals surface area contributed by atoms with E-state index in [0.29, 0.717) is 18.4 Å². The van der Waals surface area contributed by atoms with Gasteiger partial charge in [0.25, 0.3) is 11.8 Å². The molecule has 0 spiro atoms. The minimum atomic E-state index is -0.997. The van der Waals surface area contributed by atoms with Gasteiger partial charge in [0.15, 0.2) is 0 Å². The maximum absolute atomic E-state index is 13.8. The largest absolute Gasteiger partial charge is 0.323 e. The van der Waals surface area contributed by atoms with E-state index < -0.39 is 5.54 Å². The zero-order valence-corrected chi connectivity index (χ0v) is 17.8. The number of benzene rings is 2. The lowest BCUT2D eigenvalue weighted by Crippen LogP contribution is -2.57. The Hall–Kier alpha value is -2.88. The summed E-state index contributed by atoms with van der Waals surface area (Å²) in [5, 5.41) is 0. The Morgan fingerprint density at radius 2 is 1.62 bits per heavy atom. The molecule has 29 heavy (non-hydrogen) atoms. The van der Waals surface area contributed by atoms with Crippen molar-refractivity contribution in [2.75, 3.05) is 7.05 Å². The molecule has 2 unspecified atom stereocenters. The number of nitrogens with zero attached hydrogens (tertiary/aromatic N) is 2. The minimum absolute atomic E-state index is 0.0366. The highest BCUT2D eigenvalue weighted by atomic mass is 16.2. The molecule has 2 amide bonds. The lowest BCUT2D eigenvalue weighted by molar-refractivity contribution is -0.133. The van der Waals surface area contributed by atoms with Crippen molar-refractivity contribution in [2.24, 2.45) is 5.41 Å². The van der Waals surface area contributed by atoms with Crippen LogP contribution in [0, 0.1) is 5.41 Å². The standard InChI is InChI=1S/C25H30N2O2/c1-6-17-25(18-19-13-9-7-10-14-19)23(29)26(5)22(24(2,3)4)27(25)21(28)20-15-11-8-12-16-20/h6-16,22H,1,17-18H2,2-5H3. The van der Waals surface area contributed by atoms with E-state index in [1.54, 1.807) is 18.0 Å². The summed E-state index contributed by atoms with van der Waals surface area (Å²) in [6.07, 6.45) is 2.25. The molecule has 152 valence electrons. The molecule has 0 aliphatic carbocycles. The second kappa shape index (κ2) is 7.86. The van der Waals surface area contributed by atoms with Crippen LogP contribution in [0.3, 0.4) is 0 Å². The van der Waals surface area contributed by atoms with E-state index >= 15 is 0 Å². The van der Waals surface area contributed by atoms with Crippen molar-refractivity contribution < 1.29 is 9.59 Å². The molecule has 2 aromatic rings. The molecule has 2 aromatic carbocycles. The molecular formula is C25H30N2O2. The molecule has 0 radical (unpaired) electrons. The zero-order valence-electron chi connectivity index (χ0n) is 17.8. The summed E-state index contributed by atoms with van der Waals surface area (Å²) in [4.78, 5) is 31.1. The summed E-state index contributed by atoms with van der Waals surface area (Å²) in [6.45, 7) is 10.1. The van der Waals surface area contributed by atoms with Crippen LogP contribution in [0.2, 0.25) is 0 Å². The molecule has 4 heteroatoms. The van der Waals surface area contributed by atoms with E-state index in [1.165, 1.54) is 0 Å². The molecule has 0 bridgehead atoms. The molecule has 1 aliphatic heterocycles. The van der Waals surface area contributed by atoms with Crippen molar-refractivity contribution >= 4 is 11.8 Å². The number of likely N-dealkylation sites (N-methyl/N-ethyl adjacent to an activating group) is 1. The predicted molar refractivity (Wildman–Crippen MR) is 116 cm³/mol. The fourth-order valence-corrected chi connectivity index (χ4v) is 4.53. The number of amides is 2. The Morgan fingerprint density at radius 1 is 1.07 bits per heavy atom. The third-order valence-corrected chi connectivity index (χ3v) is 5.63. The molecule has 1 fully saturated rings. The van der Waals surface area contributed by atoms with Crippen LogP contribution < -0.4 is 0 Å². The molecule has 4 nitrogen and oxygen atoms in total. The van der Waals surface area contributed by atoms with Gasteiger partial charge in [-0.3, -0.25) is 9.59 Å². The van der Waals surface area contributed by atoms with Gasteiger partial charge in [-0.1, -0.05) is 75.4 Å². The number of hydrogen-bond acceptors (Lipinski definition) is 2. The quantitative estimate of drug-likeness (QED) is 0.704. The topological polar surface area (TPSA) is 40.6 Å². The lowest BCUT2D eigenvalue weighted by atomic mass is 9.83. The van der Waals surface area contributed by atoms with E-state index in [0.717, 1.165) is 5.56 Å². The molecule has 0 N–H and O–H groups in total. The van der Waals surface area contributed by atoms with Crippen LogP contribution in [0.5, 0.6) is 0 Å². The van der Waals surface area contributed by atoms with Crippen LogP contribution in [0.15, 0.2) is 73.3 Å². The van der Waals surface area contributed by atoms with Gasteiger partial charge in [-0.15, -0.1) is 6.58 Å². The van der Waals surface area contributed by atoms with Crippen molar-refractivity contribution in [3.63, 3.8) is 0 Å².